The summed E-state index contributed by atoms with van der Waals surface area (Å²) >= 11 is 12.0. The first kappa shape index (κ1) is 16.7. The molecule has 0 spiro atoms. The summed E-state index contributed by atoms with van der Waals surface area (Å²) in [7, 11) is 0. The molecule has 0 radical (unpaired) electrons. The van der Waals surface area contributed by atoms with Gasteiger partial charge in [0.15, 0.2) is 0 Å². The first-order valence-corrected chi connectivity index (χ1v) is 8.37. The van der Waals surface area contributed by atoms with Crippen LogP contribution in [0.1, 0.15) is 12.5 Å². The molecule has 0 aliphatic rings. The second kappa shape index (κ2) is 7.20. The highest BCUT2D eigenvalue weighted by Gasteiger charge is 2.15. The maximum atomic E-state index is 12.2. The molecule has 3 rings (SSSR count). The molecule has 122 valence electrons. The van der Waals surface area contributed by atoms with Crippen LogP contribution in [0.25, 0.3) is 10.9 Å². The van der Waals surface area contributed by atoms with Gasteiger partial charge in [0.05, 0.1) is 11.2 Å². The summed E-state index contributed by atoms with van der Waals surface area (Å²) in [6.45, 7) is 2.16. The third-order valence-corrected chi connectivity index (χ3v) is 4.38. The van der Waals surface area contributed by atoms with Crippen LogP contribution < -0.4 is 4.90 Å². The lowest BCUT2D eigenvalue weighted by Gasteiger charge is -2.23. The zero-order valence-corrected chi connectivity index (χ0v) is 14.7. The lowest BCUT2D eigenvalue weighted by atomic mass is 10.1. The van der Waals surface area contributed by atoms with Crippen molar-refractivity contribution in [1.82, 2.24) is 4.98 Å². The highest BCUT2D eigenvalue weighted by molar-refractivity contribution is 6.31. The van der Waals surface area contributed by atoms with Crippen LogP contribution in [0.4, 0.5) is 5.69 Å². The number of pyridine rings is 1. The Hall–Kier alpha value is -2.10. The molecule has 1 aromatic heterocycles. The van der Waals surface area contributed by atoms with Crippen LogP contribution in [0, 0.1) is 0 Å². The van der Waals surface area contributed by atoms with Crippen molar-refractivity contribution >= 4 is 45.7 Å². The maximum absolute atomic E-state index is 12.2. The second-order valence-corrected chi connectivity index (χ2v) is 6.41. The van der Waals surface area contributed by atoms with E-state index in [2.05, 4.69) is 4.98 Å². The van der Waals surface area contributed by atoms with Gasteiger partial charge in [0.1, 0.15) is 0 Å². The molecule has 0 aliphatic carbocycles. The lowest BCUT2D eigenvalue weighted by molar-refractivity contribution is -0.116. The fraction of sp³-hybridized carbons (Fsp3) is 0.158. The van der Waals surface area contributed by atoms with Gasteiger partial charge in [0, 0.05) is 35.1 Å². The largest absolute Gasteiger partial charge is 0.312 e. The number of anilines is 1. The molecule has 0 atom stereocenters. The molecule has 0 unspecified atom stereocenters. The van der Waals surface area contributed by atoms with Crippen LogP contribution in [0.5, 0.6) is 0 Å². The first-order chi connectivity index (χ1) is 11.5. The predicted molar refractivity (Wildman–Crippen MR) is 99.9 cm³/mol. The van der Waals surface area contributed by atoms with E-state index in [1.807, 2.05) is 42.5 Å². The average molecular weight is 359 g/mol. The molecule has 0 N–H and O–H groups in total. The minimum absolute atomic E-state index is 0.00795. The topological polar surface area (TPSA) is 33.2 Å². The molecule has 3 nitrogen and oxygen atoms in total. The van der Waals surface area contributed by atoms with Gasteiger partial charge in [-0.3, -0.25) is 9.78 Å². The number of fused-ring (bicyclic) bond motifs is 1. The SMILES string of the molecule is CC(=O)N(CCc1ccc(Cl)cc1)c1ccnc2cc(Cl)ccc12. The van der Waals surface area contributed by atoms with E-state index in [1.165, 1.54) is 0 Å². The molecule has 0 bridgehead atoms. The summed E-state index contributed by atoms with van der Waals surface area (Å²) < 4.78 is 0. The summed E-state index contributed by atoms with van der Waals surface area (Å²) in [5.74, 6) is -0.00795. The number of halogens is 2. The molecule has 1 heterocycles. The Bertz CT molecular complexity index is 878. The molecular weight excluding hydrogens is 343 g/mol. The summed E-state index contributed by atoms with van der Waals surface area (Å²) in [5, 5.41) is 2.25. The van der Waals surface area contributed by atoms with Crippen LogP contribution in [-0.2, 0) is 11.2 Å². The molecule has 2 aromatic carbocycles. The predicted octanol–water partition coefficient (Wildman–Crippen LogP) is 5.14. The summed E-state index contributed by atoms with van der Waals surface area (Å²) in [6.07, 6.45) is 2.44. The number of nitrogens with zero attached hydrogens (tertiary/aromatic N) is 2. The molecular formula is C19H16Cl2N2O. The number of hydrogen-bond donors (Lipinski definition) is 0. The normalized spacial score (nSPS) is 10.8. The van der Waals surface area contributed by atoms with Crippen molar-refractivity contribution in [1.29, 1.82) is 0 Å². The fourth-order valence-electron chi connectivity index (χ4n) is 2.68. The third kappa shape index (κ3) is 3.69. The van der Waals surface area contributed by atoms with E-state index in [-0.39, 0.29) is 5.91 Å². The molecule has 1 amide bonds. The van der Waals surface area contributed by atoms with Gasteiger partial charge in [-0.25, -0.2) is 0 Å². The standard InChI is InChI=1S/C19H16Cl2N2O/c1-13(24)23(11-9-14-2-4-15(20)5-3-14)19-8-10-22-18-12-16(21)6-7-17(18)19/h2-8,10,12H,9,11H2,1H3. The molecule has 5 heteroatoms. The van der Waals surface area contributed by atoms with E-state index in [4.69, 9.17) is 23.2 Å². The number of benzene rings is 2. The van der Waals surface area contributed by atoms with E-state index < -0.39 is 0 Å². The molecule has 24 heavy (non-hydrogen) atoms. The van der Waals surface area contributed by atoms with E-state index >= 15 is 0 Å². The minimum atomic E-state index is -0.00795. The van der Waals surface area contributed by atoms with E-state index in [1.54, 1.807) is 24.1 Å². The second-order valence-electron chi connectivity index (χ2n) is 5.54. The van der Waals surface area contributed by atoms with Crippen molar-refractivity contribution in [3.63, 3.8) is 0 Å². The Morgan fingerprint density at radius 3 is 2.46 bits per heavy atom. The quantitative estimate of drug-likeness (QED) is 0.646. The number of carbonyl (C=O) groups excluding carboxylic acids is 1. The van der Waals surface area contributed by atoms with Gasteiger partial charge in [0.2, 0.25) is 5.91 Å². The number of aromatic nitrogens is 1. The van der Waals surface area contributed by atoms with Crippen molar-refractivity contribution in [3.8, 4) is 0 Å². The third-order valence-electron chi connectivity index (χ3n) is 3.89. The van der Waals surface area contributed by atoms with Gasteiger partial charge in [-0.2, -0.15) is 0 Å². The number of carbonyl (C=O) groups is 1. The zero-order chi connectivity index (χ0) is 17.1. The zero-order valence-electron chi connectivity index (χ0n) is 13.2. The molecule has 3 aromatic rings. The van der Waals surface area contributed by atoms with E-state index in [0.29, 0.717) is 16.6 Å². The van der Waals surface area contributed by atoms with Crippen molar-refractivity contribution in [2.75, 3.05) is 11.4 Å². The molecule has 0 fully saturated rings. The lowest BCUT2D eigenvalue weighted by Crippen LogP contribution is -2.30. The van der Waals surface area contributed by atoms with Crippen LogP contribution in [-0.4, -0.2) is 17.4 Å². The average Bonchev–Trinajstić information content (AvgIpc) is 2.56. The van der Waals surface area contributed by atoms with Crippen molar-refractivity contribution < 1.29 is 4.79 Å². The van der Waals surface area contributed by atoms with Gasteiger partial charge in [0.25, 0.3) is 0 Å². The van der Waals surface area contributed by atoms with Gasteiger partial charge in [-0.05, 0) is 48.4 Å². The van der Waals surface area contributed by atoms with Crippen LogP contribution in [0.15, 0.2) is 54.7 Å². The molecule has 0 saturated carbocycles. The van der Waals surface area contributed by atoms with Crippen molar-refractivity contribution in [3.05, 3.63) is 70.3 Å². The van der Waals surface area contributed by atoms with E-state index in [0.717, 1.165) is 28.6 Å². The fourth-order valence-corrected chi connectivity index (χ4v) is 2.97. The summed E-state index contributed by atoms with van der Waals surface area (Å²) in [5.41, 5.74) is 2.75. The highest BCUT2D eigenvalue weighted by atomic mass is 35.5. The van der Waals surface area contributed by atoms with Gasteiger partial charge in [-0.15, -0.1) is 0 Å². The minimum Gasteiger partial charge on any atom is -0.312 e. The summed E-state index contributed by atoms with van der Waals surface area (Å²) in [4.78, 5) is 18.3. The van der Waals surface area contributed by atoms with Crippen molar-refractivity contribution in [2.24, 2.45) is 0 Å². The Labute approximate surface area is 150 Å². The Kier molecular flexibility index (Phi) is 5.03. The number of amides is 1. The van der Waals surface area contributed by atoms with Crippen LogP contribution in [0.3, 0.4) is 0 Å². The smallest absolute Gasteiger partial charge is 0.223 e. The highest BCUT2D eigenvalue weighted by Crippen LogP contribution is 2.28. The summed E-state index contributed by atoms with van der Waals surface area (Å²) in [6, 6.07) is 15.1. The van der Waals surface area contributed by atoms with Gasteiger partial charge < -0.3 is 4.90 Å². The Balaban J connectivity index is 1.91. The molecule has 0 saturated heterocycles. The van der Waals surface area contributed by atoms with Crippen LogP contribution >= 0.6 is 23.2 Å². The van der Waals surface area contributed by atoms with Crippen molar-refractivity contribution in [2.45, 2.75) is 13.3 Å². The monoisotopic (exact) mass is 358 g/mol. The van der Waals surface area contributed by atoms with Crippen LogP contribution in [0.2, 0.25) is 10.0 Å². The number of rotatable bonds is 4. The van der Waals surface area contributed by atoms with E-state index in [9.17, 15) is 4.79 Å². The maximum Gasteiger partial charge on any atom is 0.223 e. The number of hydrogen-bond acceptors (Lipinski definition) is 2. The van der Waals surface area contributed by atoms with Gasteiger partial charge >= 0.3 is 0 Å². The van der Waals surface area contributed by atoms with Gasteiger partial charge in [-0.1, -0.05) is 35.3 Å². The Morgan fingerprint density at radius 2 is 1.75 bits per heavy atom. The first-order valence-electron chi connectivity index (χ1n) is 7.61. The Morgan fingerprint density at radius 1 is 1.04 bits per heavy atom. The molecule has 0 aliphatic heterocycles.